The summed E-state index contributed by atoms with van der Waals surface area (Å²) in [4.78, 5) is 3.96. The zero-order valence-corrected chi connectivity index (χ0v) is 12.5. The molecule has 2 unspecified atom stereocenters. The van der Waals surface area contributed by atoms with E-state index in [1.54, 1.807) is 0 Å². The third kappa shape index (κ3) is 3.83. The summed E-state index contributed by atoms with van der Waals surface area (Å²) in [5.41, 5.74) is 0. The molecular weight excluding hydrogens is 286 g/mol. The monoisotopic (exact) mass is 303 g/mol. The summed E-state index contributed by atoms with van der Waals surface area (Å²) in [6.07, 6.45) is 6.90. The first kappa shape index (κ1) is 14.6. The molecule has 0 N–H and O–H groups in total. The molecule has 2 rings (SSSR count). The van der Waals surface area contributed by atoms with Crippen molar-refractivity contribution < 1.29 is 13.2 Å². The van der Waals surface area contributed by atoms with E-state index in [2.05, 4.69) is 11.9 Å². The Morgan fingerprint density at radius 2 is 2.26 bits per heavy atom. The zero-order chi connectivity index (χ0) is 13.9. The van der Waals surface area contributed by atoms with E-state index in [9.17, 15) is 8.42 Å². The maximum atomic E-state index is 11.5. The summed E-state index contributed by atoms with van der Waals surface area (Å²) in [5, 5.41) is 0. The molecule has 0 bridgehead atoms. The van der Waals surface area contributed by atoms with E-state index < -0.39 is 9.05 Å². The summed E-state index contributed by atoms with van der Waals surface area (Å²) in [6, 6.07) is 2.96. The fourth-order valence-electron chi connectivity index (χ4n) is 2.53. The number of rotatable bonds is 4. The van der Waals surface area contributed by atoms with Gasteiger partial charge in [0.1, 0.15) is 11.0 Å². The molecule has 1 aliphatic carbocycles. The molecule has 6 heteroatoms. The minimum absolute atomic E-state index is 0.0331. The van der Waals surface area contributed by atoms with Crippen LogP contribution in [0.5, 0.6) is 5.88 Å². The highest BCUT2D eigenvalue weighted by molar-refractivity contribution is 8.13. The predicted octanol–water partition coefficient (Wildman–Crippen LogP) is 3.36. The molecule has 0 spiro atoms. The zero-order valence-electron chi connectivity index (χ0n) is 10.9. The number of aromatic nitrogens is 1. The summed E-state index contributed by atoms with van der Waals surface area (Å²) < 4.78 is 28.7. The standard InChI is InChI=1S/C13H18ClNO3S/c1-2-10-5-3-6-11(9-10)18-13-12(19(14,16)17)7-4-8-15-13/h4,7-8,10-11H,2-3,5-6,9H2,1H3. The third-order valence-corrected chi connectivity index (χ3v) is 4.92. The Morgan fingerprint density at radius 1 is 1.47 bits per heavy atom. The van der Waals surface area contributed by atoms with Gasteiger partial charge in [-0.2, -0.15) is 0 Å². The highest BCUT2D eigenvalue weighted by Crippen LogP contribution is 2.31. The first-order valence-corrected chi connectivity index (χ1v) is 8.88. The number of hydrogen-bond donors (Lipinski definition) is 0. The number of ether oxygens (including phenoxy) is 1. The van der Waals surface area contributed by atoms with Gasteiger partial charge in [-0.3, -0.25) is 0 Å². The van der Waals surface area contributed by atoms with Crippen molar-refractivity contribution in [3.05, 3.63) is 18.3 Å². The number of pyridine rings is 1. The van der Waals surface area contributed by atoms with Crippen LogP contribution in [-0.4, -0.2) is 19.5 Å². The van der Waals surface area contributed by atoms with Crippen LogP contribution in [0, 0.1) is 5.92 Å². The summed E-state index contributed by atoms with van der Waals surface area (Å²) in [7, 11) is 1.57. The van der Waals surface area contributed by atoms with Gasteiger partial charge in [-0.05, 0) is 37.3 Å². The fourth-order valence-corrected chi connectivity index (χ4v) is 3.43. The van der Waals surface area contributed by atoms with Gasteiger partial charge in [0.05, 0.1) is 0 Å². The van der Waals surface area contributed by atoms with Gasteiger partial charge in [-0.1, -0.05) is 19.8 Å². The van der Waals surface area contributed by atoms with Crippen LogP contribution in [0.2, 0.25) is 0 Å². The van der Waals surface area contributed by atoms with E-state index in [1.165, 1.54) is 24.8 Å². The smallest absolute Gasteiger partial charge is 0.266 e. The van der Waals surface area contributed by atoms with E-state index in [1.807, 2.05) is 0 Å². The average molecular weight is 304 g/mol. The largest absolute Gasteiger partial charge is 0.473 e. The van der Waals surface area contributed by atoms with Gasteiger partial charge in [0.15, 0.2) is 0 Å². The minimum Gasteiger partial charge on any atom is -0.473 e. The van der Waals surface area contributed by atoms with Gasteiger partial charge < -0.3 is 4.74 Å². The van der Waals surface area contributed by atoms with Crippen LogP contribution >= 0.6 is 10.7 Å². The van der Waals surface area contributed by atoms with Crippen LogP contribution in [0.1, 0.15) is 39.0 Å². The van der Waals surface area contributed by atoms with Crippen LogP contribution in [0.25, 0.3) is 0 Å². The molecule has 2 atom stereocenters. The lowest BCUT2D eigenvalue weighted by Crippen LogP contribution is -2.26. The first-order valence-electron chi connectivity index (χ1n) is 6.57. The molecule has 106 valence electrons. The molecule has 1 heterocycles. The number of halogens is 1. The number of hydrogen-bond acceptors (Lipinski definition) is 4. The van der Waals surface area contributed by atoms with Crippen LogP contribution < -0.4 is 4.74 Å². The van der Waals surface area contributed by atoms with E-state index in [0.717, 1.165) is 25.7 Å². The molecule has 0 amide bonds. The summed E-state index contributed by atoms with van der Waals surface area (Å²) in [5.74, 6) is 0.776. The van der Waals surface area contributed by atoms with Crippen molar-refractivity contribution in [1.82, 2.24) is 4.98 Å². The summed E-state index contributed by atoms with van der Waals surface area (Å²) in [6.45, 7) is 2.17. The fraction of sp³-hybridized carbons (Fsp3) is 0.615. The highest BCUT2D eigenvalue weighted by Gasteiger charge is 2.25. The van der Waals surface area contributed by atoms with Crippen molar-refractivity contribution >= 4 is 19.7 Å². The van der Waals surface area contributed by atoms with E-state index in [0.29, 0.717) is 5.92 Å². The summed E-state index contributed by atoms with van der Waals surface area (Å²) >= 11 is 0. The molecule has 1 aliphatic rings. The van der Waals surface area contributed by atoms with E-state index in [-0.39, 0.29) is 16.9 Å². The molecule has 1 aromatic rings. The van der Waals surface area contributed by atoms with Crippen molar-refractivity contribution in [3.8, 4) is 5.88 Å². The molecule has 0 saturated heterocycles. The lowest BCUT2D eigenvalue weighted by atomic mass is 9.85. The van der Waals surface area contributed by atoms with Gasteiger partial charge in [-0.25, -0.2) is 13.4 Å². The molecule has 1 fully saturated rings. The SMILES string of the molecule is CCC1CCCC(Oc2ncccc2S(=O)(=O)Cl)C1. The van der Waals surface area contributed by atoms with Crippen molar-refractivity contribution in [2.24, 2.45) is 5.92 Å². The van der Waals surface area contributed by atoms with E-state index in [4.69, 9.17) is 15.4 Å². The van der Waals surface area contributed by atoms with Crippen LogP contribution in [0.15, 0.2) is 23.2 Å². The Kier molecular flexibility index (Phi) is 4.68. The molecule has 4 nitrogen and oxygen atoms in total. The van der Waals surface area contributed by atoms with Crippen LogP contribution in [-0.2, 0) is 9.05 Å². The van der Waals surface area contributed by atoms with Gasteiger partial charge in [0.2, 0.25) is 5.88 Å². The Balaban J connectivity index is 2.15. The second-order valence-electron chi connectivity index (χ2n) is 4.93. The lowest BCUT2D eigenvalue weighted by Gasteiger charge is -2.28. The Hall–Kier alpha value is -0.810. The Bertz CT molecular complexity index is 532. The van der Waals surface area contributed by atoms with Crippen molar-refractivity contribution in [2.45, 2.75) is 50.0 Å². The molecule has 0 aliphatic heterocycles. The molecule has 1 saturated carbocycles. The van der Waals surface area contributed by atoms with Gasteiger partial charge in [0.25, 0.3) is 9.05 Å². The average Bonchev–Trinajstić information content (AvgIpc) is 2.38. The minimum atomic E-state index is -3.82. The quantitative estimate of drug-likeness (QED) is 0.800. The normalized spacial score (nSPS) is 24.1. The predicted molar refractivity (Wildman–Crippen MR) is 73.9 cm³/mol. The maximum absolute atomic E-state index is 11.5. The van der Waals surface area contributed by atoms with Gasteiger partial charge >= 0.3 is 0 Å². The third-order valence-electron chi connectivity index (χ3n) is 3.59. The highest BCUT2D eigenvalue weighted by atomic mass is 35.7. The first-order chi connectivity index (χ1) is 9.00. The van der Waals surface area contributed by atoms with Crippen LogP contribution in [0.4, 0.5) is 0 Å². The second-order valence-corrected chi connectivity index (χ2v) is 7.46. The van der Waals surface area contributed by atoms with Crippen molar-refractivity contribution in [1.29, 1.82) is 0 Å². The molecule has 0 aromatic carbocycles. The van der Waals surface area contributed by atoms with Crippen LogP contribution in [0.3, 0.4) is 0 Å². The second kappa shape index (κ2) is 6.09. The van der Waals surface area contributed by atoms with Crippen molar-refractivity contribution in [2.75, 3.05) is 0 Å². The number of nitrogens with zero attached hydrogens (tertiary/aromatic N) is 1. The van der Waals surface area contributed by atoms with E-state index >= 15 is 0 Å². The van der Waals surface area contributed by atoms with Gasteiger partial charge in [0, 0.05) is 16.9 Å². The maximum Gasteiger partial charge on any atom is 0.266 e. The van der Waals surface area contributed by atoms with Gasteiger partial charge in [-0.15, -0.1) is 0 Å². The molecule has 0 radical (unpaired) electrons. The molecule has 19 heavy (non-hydrogen) atoms. The molecular formula is C13H18ClNO3S. The Labute approximate surface area is 118 Å². The topological polar surface area (TPSA) is 56.3 Å². The molecule has 1 aromatic heterocycles. The van der Waals surface area contributed by atoms with Crippen molar-refractivity contribution in [3.63, 3.8) is 0 Å². The lowest BCUT2D eigenvalue weighted by molar-refractivity contribution is 0.113. The Morgan fingerprint density at radius 3 is 2.95 bits per heavy atom.